The van der Waals surface area contributed by atoms with Gasteiger partial charge in [-0.25, -0.2) is 0 Å². The smallest absolute Gasteiger partial charge is 0.225 e. The van der Waals surface area contributed by atoms with Crippen molar-refractivity contribution in [1.29, 1.82) is 0 Å². The summed E-state index contributed by atoms with van der Waals surface area (Å²) >= 11 is 0. The van der Waals surface area contributed by atoms with Crippen LogP contribution in [-0.4, -0.2) is 36.3 Å². The normalized spacial score (nSPS) is 20.9. The zero-order chi connectivity index (χ0) is 14.5. The molecule has 1 aliphatic carbocycles. The van der Waals surface area contributed by atoms with Gasteiger partial charge in [0.05, 0.1) is 0 Å². The highest BCUT2D eigenvalue weighted by Crippen LogP contribution is 2.30. The van der Waals surface area contributed by atoms with E-state index < -0.39 is 0 Å². The summed E-state index contributed by atoms with van der Waals surface area (Å²) in [6.45, 7) is 6.63. The lowest BCUT2D eigenvalue weighted by molar-refractivity contribution is -0.141. The molecule has 2 aliphatic rings. The van der Waals surface area contributed by atoms with Crippen LogP contribution < -0.4 is 5.32 Å². The molecular weight excluding hydrogens is 252 g/mol. The maximum absolute atomic E-state index is 12.1. The highest BCUT2D eigenvalue weighted by atomic mass is 16.2. The molecular formula is C16H28N2O2. The Morgan fingerprint density at radius 3 is 2.25 bits per heavy atom. The van der Waals surface area contributed by atoms with E-state index in [9.17, 15) is 9.59 Å². The van der Waals surface area contributed by atoms with Crippen LogP contribution in [0.4, 0.5) is 0 Å². The van der Waals surface area contributed by atoms with Gasteiger partial charge in [0.2, 0.25) is 11.8 Å². The van der Waals surface area contributed by atoms with E-state index in [1.807, 2.05) is 4.90 Å². The molecule has 2 amide bonds. The second-order valence-electron chi connectivity index (χ2n) is 6.70. The lowest BCUT2D eigenvalue weighted by Crippen LogP contribution is -2.46. The minimum absolute atomic E-state index is 0.104. The first-order valence-corrected chi connectivity index (χ1v) is 8.14. The van der Waals surface area contributed by atoms with E-state index >= 15 is 0 Å². The third-order valence-corrected chi connectivity index (χ3v) is 4.65. The molecule has 0 aromatic carbocycles. The Bertz CT molecular complexity index is 342. The first-order chi connectivity index (χ1) is 9.58. The summed E-state index contributed by atoms with van der Waals surface area (Å²) in [7, 11) is 0. The van der Waals surface area contributed by atoms with Gasteiger partial charge >= 0.3 is 0 Å². The Labute approximate surface area is 122 Å². The molecule has 0 aromatic heterocycles. The van der Waals surface area contributed by atoms with Crippen LogP contribution in [0.3, 0.4) is 0 Å². The zero-order valence-electron chi connectivity index (χ0n) is 12.9. The third-order valence-electron chi connectivity index (χ3n) is 4.65. The lowest BCUT2D eigenvalue weighted by Gasteiger charge is -2.36. The van der Waals surface area contributed by atoms with Gasteiger partial charge in [-0.2, -0.15) is 0 Å². The summed E-state index contributed by atoms with van der Waals surface area (Å²) in [5.41, 5.74) is 0. The maximum Gasteiger partial charge on any atom is 0.225 e. The summed E-state index contributed by atoms with van der Waals surface area (Å²) in [4.78, 5) is 26.1. The molecule has 1 saturated carbocycles. The van der Waals surface area contributed by atoms with E-state index in [2.05, 4.69) is 19.2 Å². The van der Waals surface area contributed by atoms with Crippen molar-refractivity contribution in [2.45, 2.75) is 52.4 Å². The van der Waals surface area contributed by atoms with Gasteiger partial charge in [-0.3, -0.25) is 9.59 Å². The lowest BCUT2D eigenvalue weighted by atomic mass is 9.83. The molecule has 114 valence electrons. The SMILES string of the molecule is CC(C)CCNC(=O)C1CCN(C(=O)C2CCC2)CC1. The van der Waals surface area contributed by atoms with Crippen LogP contribution in [0.25, 0.3) is 0 Å². The number of piperidine rings is 1. The van der Waals surface area contributed by atoms with Crippen molar-refractivity contribution in [3.63, 3.8) is 0 Å². The molecule has 0 aromatic rings. The van der Waals surface area contributed by atoms with E-state index in [-0.39, 0.29) is 17.7 Å². The molecule has 0 radical (unpaired) electrons. The molecule has 1 N–H and O–H groups in total. The van der Waals surface area contributed by atoms with Gasteiger partial charge in [0, 0.05) is 31.5 Å². The Kier molecular flexibility index (Phi) is 5.44. The predicted octanol–water partition coefficient (Wildman–Crippen LogP) is 2.19. The van der Waals surface area contributed by atoms with Crippen LogP contribution in [0.5, 0.6) is 0 Å². The molecule has 0 spiro atoms. The number of nitrogens with zero attached hydrogens (tertiary/aromatic N) is 1. The Hall–Kier alpha value is -1.06. The summed E-state index contributed by atoms with van der Waals surface area (Å²) in [6, 6.07) is 0. The molecule has 0 atom stereocenters. The Morgan fingerprint density at radius 1 is 1.10 bits per heavy atom. The summed E-state index contributed by atoms with van der Waals surface area (Å²) in [5.74, 6) is 1.52. The van der Waals surface area contributed by atoms with Gasteiger partial charge in [-0.05, 0) is 38.0 Å². The van der Waals surface area contributed by atoms with Crippen molar-refractivity contribution in [1.82, 2.24) is 10.2 Å². The minimum atomic E-state index is 0.104. The molecule has 1 saturated heterocycles. The van der Waals surface area contributed by atoms with Crippen molar-refractivity contribution < 1.29 is 9.59 Å². The van der Waals surface area contributed by atoms with Crippen LogP contribution in [-0.2, 0) is 9.59 Å². The molecule has 0 unspecified atom stereocenters. The number of carbonyl (C=O) groups is 2. The fourth-order valence-corrected chi connectivity index (χ4v) is 2.90. The number of carbonyl (C=O) groups excluding carboxylic acids is 2. The predicted molar refractivity (Wildman–Crippen MR) is 79.1 cm³/mol. The monoisotopic (exact) mass is 280 g/mol. The van der Waals surface area contributed by atoms with E-state index in [0.717, 1.165) is 51.7 Å². The number of hydrogen-bond acceptors (Lipinski definition) is 2. The average Bonchev–Trinajstić information content (AvgIpc) is 2.36. The molecule has 0 bridgehead atoms. The molecule has 20 heavy (non-hydrogen) atoms. The Morgan fingerprint density at radius 2 is 1.75 bits per heavy atom. The largest absolute Gasteiger partial charge is 0.356 e. The first-order valence-electron chi connectivity index (χ1n) is 8.14. The summed E-state index contributed by atoms with van der Waals surface area (Å²) in [6.07, 6.45) is 6.01. The second kappa shape index (κ2) is 7.09. The zero-order valence-corrected chi connectivity index (χ0v) is 12.9. The molecule has 4 heteroatoms. The Balaban J connectivity index is 1.67. The highest BCUT2D eigenvalue weighted by molar-refractivity contribution is 5.81. The van der Waals surface area contributed by atoms with Crippen molar-refractivity contribution in [2.75, 3.05) is 19.6 Å². The first kappa shape index (κ1) is 15.3. The summed E-state index contributed by atoms with van der Waals surface area (Å²) < 4.78 is 0. The number of rotatable bonds is 5. The van der Waals surface area contributed by atoms with Gasteiger partial charge in [-0.1, -0.05) is 20.3 Å². The fourth-order valence-electron chi connectivity index (χ4n) is 2.90. The van der Waals surface area contributed by atoms with E-state index in [4.69, 9.17) is 0 Å². The van der Waals surface area contributed by atoms with Crippen molar-refractivity contribution in [3.8, 4) is 0 Å². The van der Waals surface area contributed by atoms with Gasteiger partial charge in [0.1, 0.15) is 0 Å². The van der Waals surface area contributed by atoms with Crippen LogP contribution >= 0.6 is 0 Å². The van der Waals surface area contributed by atoms with Crippen molar-refractivity contribution in [2.24, 2.45) is 17.8 Å². The summed E-state index contributed by atoms with van der Waals surface area (Å²) in [5, 5.41) is 3.03. The standard InChI is InChI=1S/C16H28N2O2/c1-12(2)6-9-17-15(19)13-7-10-18(11-8-13)16(20)14-4-3-5-14/h12-14H,3-11H2,1-2H3,(H,17,19). The van der Waals surface area contributed by atoms with Crippen LogP contribution in [0, 0.1) is 17.8 Å². The van der Waals surface area contributed by atoms with Crippen molar-refractivity contribution in [3.05, 3.63) is 0 Å². The topological polar surface area (TPSA) is 49.4 Å². The second-order valence-corrected chi connectivity index (χ2v) is 6.70. The van der Waals surface area contributed by atoms with Crippen LogP contribution in [0.2, 0.25) is 0 Å². The van der Waals surface area contributed by atoms with Gasteiger partial charge in [-0.15, -0.1) is 0 Å². The fraction of sp³-hybridized carbons (Fsp3) is 0.875. The number of likely N-dealkylation sites (tertiary alicyclic amines) is 1. The third kappa shape index (κ3) is 3.97. The van der Waals surface area contributed by atoms with Crippen molar-refractivity contribution >= 4 is 11.8 Å². The minimum Gasteiger partial charge on any atom is -0.356 e. The van der Waals surface area contributed by atoms with E-state index in [1.165, 1.54) is 6.42 Å². The molecule has 1 heterocycles. The molecule has 4 nitrogen and oxygen atoms in total. The number of amides is 2. The number of nitrogens with one attached hydrogen (secondary N) is 1. The average molecular weight is 280 g/mol. The van der Waals surface area contributed by atoms with Crippen LogP contribution in [0.15, 0.2) is 0 Å². The van der Waals surface area contributed by atoms with Gasteiger partial charge in [0.25, 0.3) is 0 Å². The molecule has 2 fully saturated rings. The molecule has 2 rings (SSSR count). The maximum atomic E-state index is 12.1. The van der Waals surface area contributed by atoms with E-state index in [1.54, 1.807) is 0 Å². The number of hydrogen-bond donors (Lipinski definition) is 1. The van der Waals surface area contributed by atoms with E-state index in [0.29, 0.717) is 11.8 Å². The van der Waals surface area contributed by atoms with Gasteiger partial charge in [0.15, 0.2) is 0 Å². The van der Waals surface area contributed by atoms with Crippen LogP contribution in [0.1, 0.15) is 52.4 Å². The molecule has 1 aliphatic heterocycles. The van der Waals surface area contributed by atoms with Gasteiger partial charge < -0.3 is 10.2 Å². The quantitative estimate of drug-likeness (QED) is 0.839. The highest BCUT2D eigenvalue weighted by Gasteiger charge is 2.33.